The molecule has 0 unspecified atom stereocenters. The number of hydrogen-bond donors (Lipinski definition) is 1. The molecule has 0 saturated carbocycles. The number of aromatic nitrogens is 1. The van der Waals surface area contributed by atoms with Crippen molar-refractivity contribution in [3.63, 3.8) is 0 Å². The van der Waals surface area contributed by atoms with E-state index >= 15 is 0 Å². The second-order valence-electron chi connectivity index (χ2n) is 5.80. The molecule has 6 heteroatoms. The maximum Gasteiger partial charge on any atom is 0.273 e. The van der Waals surface area contributed by atoms with Crippen LogP contribution in [-0.4, -0.2) is 47.4 Å². The smallest absolute Gasteiger partial charge is 0.273 e. The van der Waals surface area contributed by atoms with Crippen LogP contribution in [0.25, 0.3) is 0 Å². The molecule has 1 aromatic heterocycles. The first-order chi connectivity index (χ1) is 10.5. The van der Waals surface area contributed by atoms with Crippen LogP contribution in [0.5, 0.6) is 0 Å². The Labute approximate surface area is 134 Å². The monoisotopic (exact) mass is 316 g/mol. The van der Waals surface area contributed by atoms with Crippen molar-refractivity contribution in [1.82, 2.24) is 14.8 Å². The molecule has 1 amide bonds. The van der Waals surface area contributed by atoms with Gasteiger partial charge in [0.15, 0.2) is 5.13 Å². The highest BCUT2D eigenvalue weighted by atomic mass is 32.1. The van der Waals surface area contributed by atoms with Crippen molar-refractivity contribution >= 4 is 22.4 Å². The molecule has 0 fully saturated rings. The molecule has 0 bridgehead atoms. The number of nitrogen functional groups attached to an aromatic ring is 1. The van der Waals surface area contributed by atoms with Crippen molar-refractivity contribution < 1.29 is 4.79 Å². The molecule has 2 aromatic rings. The zero-order valence-electron chi connectivity index (χ0n) is 12.8. The predicted octanol–water partition coefficient (Wildman–Crippen LogP) is 1.85. The number of anilines is 1. The third-order valence-corrected chi connectivity index (χ3v) is 4.86. The van der Waals surface area contributed by atoms with Gasteiger partial charge in [0.2, 0.25) is 0 Å². The molecule has 2 heterocycles. The molecule has 1 aliphatic heterocycles. The highest BCUT2D eigenvalue weighted by molar-refractivity contribution is 7.13. The number of thiazole rings is 1. The number of benzene rings is 1. The molecule has 0 spiro atoms. The lowest BCUT2D eigenvalue weighted by Gasteiger charge is -2.36. The minimum absolute atomic E-state index is 0.0693. The molecule has 1 aromatic carbocycles. The first kappa shape index (κ1) is 15.0. The summed E-state index contributed by atoms with van der Waals surface area (Å²) in [7, 11) is 3.94. The van der Waals surface area contributed by atoms with Gasteiger partial charge >= 0.3 is 0 Å². The summed E-state index contributed by atoms with van der Waals surface area (Å²) in [4.78, 5) is 20.5. The standard InChI is InChI=1S/C16H20N4OS/c1-19-8-12-6-4-3-5-11(12)7-13(19)9-20(2)15(21)14-10-22-16(17)18-14/h3-6,10,13H,7-9H2,1-2H3,(H2,17,18)/t13-/m0/s1. The van der Waals surface area contributed by atoms with Crippen LogP contribution in [0.1, 0.15) is 21.6 Å². The molecule has 0 radical (unpaired) electrons. The molecule has 1 atom stereocenters. The van der Waals surface area contributed by atoms with Gasteiger partial charge in [-0.2, -0.15) is 0 Å². The third-order valence-electron chi connectivity index (χ3n) is 4.19. The zero-order valence-corrected chi connectivity index (χ0v) is 13.6. The fourth-order valence-corrected chi connectivity index (χ4v) is 3.44. The number of carbonyl (C=O) groups excluding carboxylic acids is 1. The molecule has 116 valence electrons. The summed E-state index contributed by atoms with van der Waals surface area (Å²) in [5, 5.41) is 2.15. The Morgan fingerprint density at radius 1 is 1.45 bits per heavy atom. The number of amides is 1. The van der Waals surface area contributed by atoms with Crippen LogP contribution in [0.3, 0.4) is 0 Å². The highest BCUT2D eigenvalue weighted by Crippen LogP contribution is 2.22. The van der Waals surface area contributed by atoms with Crippen LogP contribution >= 0.6 is 11.3 Å². The van der Waals surface area contributed by atoms with E-state index in [1.165, 1.54) is 22.5 Å². The first-order valence-electron chi connectivity index (χ1n) is 7.28. The van der Waals surface area contributed by atoms with Gasteiger partial charge in [-0.1, -0.05) is 24.3 Å². The number of nitrogens with two attached hydrogens (primary N) is 1. The topological polar surface area (TPSA) is 62.5 Å². The predicted molar refractivity (Wildman–Crippen MR) is 88.9 cm³/mol. The van der Waals surface area contributed by atoms with Gasteiger partial charge in [0.1, 0.15) is 5.69 Å². The summed E-state index contributed by atoms with van der Waals surface area (Å²) in [6.07, 6.45) is 0.962. The molecule has 1 aliphatic rings. The number of rotatable bonds is 3. The van der Waals surface area contributed by atoms with Crippen molar-refractivity contribution in [2.24, 2.45) is 0 Å². The van der Waals surface area contributed by atoms with Crippen molar-refractivity contribution in [3.8, 4) is 0 Å². The number of hydrogen-bond acceptors (Lipinski definition) is 5. The second-order valence-corrected chi connectivity index (χ2v) is 6.69. The van der Waals surface area contributed by atoms with Gasteiger partial charge < -0.3 is 10.6 Å². The second kappa shape index (κ2) is 6.06. The molecule has 3 rings (SSSR count). The van der Waals surface area contributed by atoms with Gasteiger partial charge in [0.05, 0.1) is 0 Å². The summed E-state index contributed by atoms with van der Waals surface area (Å²) in [5.74, 6) is -0.0693. The van der Waals surface area contributed by atoms with Crippen LogP contribution < -0.4 is 5.73 Å². The van der Waals surface area contributed by atoms with E-state index < -0.39 is 0 Å². The van der Waals surface area contributed by atoms with Gasteiger partial charge in [-0.3, -0.25) is 9.69 Å². The average Bonchev–Trinajstić information content (AvgIpc) is 2.93. The summed E-state index contributed by atoms with van der Waals surface area (Å²) < 4.78 is 0. The first-order valence-corrected chi connectivity index (χ1v) is 8.16. The van der Waals surface area contributed by atoms with Crippen LogP contribution in [-0.2, 0) is 13.0 Å². The van der Waals surface area contributed by atoms with E-state index in [0.29, 0.717) is 23.4 Å². The molecule has 0 aliphatic carbocycles. The zero-order chi connectivity index (χ0) is 15.7. The van der Waals surface area contributed by atoms with Gasteiger partial charge in [0, 0.05) is 31.6 Å². The Morgan fingerprint density at radius 2 is 2.18 bits per heavy atom. The summed E-state index contributed by atoms with van der Waals surface area (Å²) in [6.45, 7) is 1.60. The van der Waals surface area contributed by atoms with Gasteiger partial charge in [-0.05, 0) is 24.6 Å². The minimum Gasteiger partial charge on any atom is -0.375 e. The van der Waals surface area contributed by atoms with Crippen molar-refractivity contribution in [2.45, 2.75) is 19.0 Å². The fourth-order valence-electron chi connectivity index (χ4n) is 2.90. The van der Waals surface area contributed by atoms with E-state index in [9.17, 15) is 4.79 Å². The lowest BCUT2D eigenvalue weighted by molar-refractivity contribution is 0.0728. The Balaban J connectivity index is 1.69. The fraction of sp³-hybridized carbons (Fsp3) is 0.375. The molecule has 0 saturated heterocycles. The summed E-state index contributed by atoms with van der Waals surface area (Å²) in [5.41, 5.74) is 8.79. The lowest BCUT2D eigenvalue weighted by Crippen LogP contribution is -2.46. The SMILES string of the molecule is CN(C[C@@H]1Cc2ccccc2CN1C)C(=O)c1csc(N)n1. The number of likely N-dealkylation sites (N-methyl/N-ethyl adjacent to an activating group) is 2. The van der Waals surface area contributed by atoms with Crippen LogP contribution in [0.4, 0.5) is 5.13 Å². The summed E-state index contributed by atoms with van der Waals surface area (Å²) >= 11 is 1.30. The van der Waals surface area contributed by atoms with Gasteiger partial charge in [-0.15, -0.1) is 11.3 Å². The van der Waals surface area contributed by atoms with Crippen LogP contribution in [0.15, 0.2) is 29.6 Å². The van der Waals surface area contributed by atoms with Crippen molar-refractivity contribution in [2.75, 3.05) is 26.4 Å². The Kier molecular flexibility index (Phi) is 4.13. The van der Waals surface area contributed by atoms with Gasteiger partial charge in [0.25, 0.3) is 5.91 Å². The van der Waals surface area contributed by atoms with E-state index in [0.717, 1.165) is 13.0 Å². The number of carbonyl (C=O) groups is 1. The van der Waals surface area contributed by atoms with E-state index in [4.69, 9.17) is 5.73 Å². The van der Waals surface area contributed by atoms with E-state index in [1.54, 1.807) is 10.3 Å². The summed E-state index contributed by atoms with van der Waals surface area (Å²) in [6, 6.07) is 8.83. The third kappa shape index (κ3) is 2.98. The van der Waals surface area contributed by atoms with E-state index in [2.05, 4.69) is 41.2 Å². The quantitative estimate of drug-likeness (QED) is 0.939. The number of nitrogens with zero attached hydrogens (tertiary/aromatic N) is 3. The Hall–Kier alpha value is -1.92. The normalized spacial score (nSPS) is 18.0. The van der Waals surface area contributed by atoms with Crippen LogP contribution in [0.2, 0.25) is 0 Å². The van der Waals surface area contributed by atoms with Gasteiger partial charge in [-0.25, -0.2) is 4.98 Å². The lowest BCUT2D eigenvalue weighted by atomic mass is 9.94. The minimum atomic E-state index is -0.0693. The molecule has 5 nitrogen and oxygen atoms in total. The maximum atomic E-state index is 12.4. The van der Waals surface area contributed by atoms with E-state index in [1.807, 2.05) is 7.05 Å². The average molecular weight is 316 g/mol. The molecule has 22 heavy (non-hydrogen) atoms. The van der Waals surface area contributed by atoms with Crippen molar-refractivity contribution in [1.29, 1.82) is 0 Å². The Bertz CT molecular complexity index is 684. The van der Waals surface area contributed by atoms with Crippen molar-refractivity contribution in [3.05, 3.63) is 46.5 Å². The van der Waals surface area contributed by atoms with E-state index in [-0.39, 0.29) is 5.91 Å². The molecular formula is C16H20N4OS. The maximum absolute atomic E-state index is 12.4. The van der Waals surface area contributed by atoms with Crippen LogP contribution in [0, 0.1) is 0 Å². The highest BCUT2D eigenvalue weighted by Gasteiger charge is 2.26. The molecular weight excluding hydrogens is 296 g/mol. The largest absolute Gasteiger partial charge is 0.375 e. The molecule has 2 N–H and O–H groups in total. The number of fused-ring (bicyclic) bond motifs is 1. The Morgan fingerprint density at radius 3 is 2.86 bits per heavy atom.